The Kier molecular flexibility index (Phi) is 3.35. The van der Waals surface area contributed by atoms with E-state index < -0.39 is 5.82 Å². The fraction of sp³-hybridized carbons (Fsp3) is 0. The Bertz CT molecular complexity index is 552. The number of hydrogen-bond acceptors (Lipinski definition) is 3. The van der Waals surface area contributed by atoms with Crippen LogP contribution in [0.25, 0.3) is 6.08 Å². The highest BCUT2D eigenvalue weighted by Crippen LogP contribution is 2.05. The summed E-state index contributed by atoms with van der Waals surface area (Å²) in [7, 11) is 0. The van der Waals surface area contributed by atoms with Gasteiger partial charge in [0.1, 0.15) is 5.82 Å². The fourth-order valence-corrected chi connectivity index (χ4v) is 1.30. The molecule has 0 aliphatic carbocycles. The summed E-state index contributed by atoms with van der Waals surface area (Å²) in [4.78, 5) is 19.2. The first kappa shape index (κ1) is 11.1. The molecule has 17 heavy (non-hydrogen) atoms. The molecule has 2 aromatic heterocycles. The molecule has 2 rings (SSSR count). The minimum atomic E-state index is -0.430. The zero-order valence-corrected chi connectivity index (χ0v) is 8.88. The van der Waals surface area contributed by atoms with E-state index in [0.717, 1.165) is 6.20 Å². The molecule has 0 aliphatic heterocycles. The summed E-state index contributed by atoms with van der Waals surface area (Å²) >= 11 is 0. The van der Waals surface area contributed by atoms with E-state index in [4.69, 9.17) is 0 Å². The van der Waals surface area contributed by atoms with Crippen molar-refractivity contribution in [3.8, 4) is 0 Å². The largest absolute Gasteiger partial charge is 0.289 e. The predicted octanol–water partition coefficient (Wildman–Crippen LogP) is 2.51. The fourth-order valence-electron chi connectivity index (χ4n) is 1.30. The third kappa shape index (κ3) is 3.04. The summed E-state index contributed by atoms with van der Waals surface area (Å²) < 4.78 is 12.8. The van der Waals surface area contributed by atoms with Gasteiger partial charge in [-0.15, -0.1) is 0 Å². The molecule has 3 nitrogen and oxygen atoms in total. The zero-order valence-electron chi connectivity index (χ0n) is 8.88. The number of nitrogens with zero attached hydrogens (tertiary/aromatic N) is 2. The van der Waals surface area contributed by atoms with E-state index in [-0.39, 0.29) is 5.78 Å². The smallest absolute Gasteiger partial charge is 0.187 e. The minimum absolute atomic E-state index is 0.178. The number of aromatic nitrogens is 2. The van der Waals surface area contributed by atoms with E-state index in [1.807, 2.05) is 0 Å². The maximum absolute atomic E-state index is 12.8. The number of carbonyl (C=O) groups excluding carboxylic acids is 1. The number of allylic oxidation sites excluding steroid dienone is 1. The van der Waals surface area contributed by atoms with Crippen LogP contribution in [0.4, 0.5) is 4.39 Å². The molecule has 0 radical (unpaired) electrons. The first-order valence-electron chi connectivity index (χ1n) is 4.99. The van der Waals surface area contributed by atoms with Gasteiger partial charge in [0, 0.05) is 24.2 Å². The molecule has 0 saturated carbocycles. The monoisotopic (exact) mass is 228 g/mol. The van der Waals surface area contributed by atoms with Gasteiger partial charge in [-0.2, -0.15) is 0 Å². The van der Waals surface area contributed by atoms with E-state index in [1.165, 1.54) is 30.6 Å². The van der Waals surface area contributed by atoms with Gasteiger partial charge in [0.15, 0.2) is 5.78 Å². The number of rotatable bonds is 3. The normalized spacial score (nSPS) is 10.6. The van der Waals surface area contributed by atoms with Crippen molar-refractivity contribution in [3.63, 3.8) is 0 Å². The third-order valence-corrected chi connectivity index (χ3v) is 2.10. The molecule has 0 aromatic carbocycles. The molecular weight excluding hydrogens is 219 g/mol. The minimum Gasteiger partial charge on any atom is -0.289 e. The summed E-state index contributed by atoms with van der Waals surface area (Å²) in [5.41, 5.74) is 1.04. The Morgan fingerprint density at radius 1 is 1.24 bits per heavy atom. The standard InChI is InChI=1S/C13H9FN2O/c14-12-6-10(7-16-9-12)3-4-13(17)11-2-1-5-15-8-11/h1-9H/b4-3+. The highest BCUT2D eigenvalue weighted by molar-refractivity contribution is 6.06. The van der Waals surface area contributed by atoms with E-state index >= 15 is 0 Å². The second kappa shape index (κ2) is 5.12. The molecule has 0 unspecified atom stereocenters. The number of carbonyl (C=O) groups is 1. The van der Waals surface area contributed by atoms with Crippen LogP contribution in [0.1, 0.15) is 15.9 Å². The van der Waals surface area contributed by atoms with Gasteiger partial charge < -0.3 is 0 Å². The molecule has 0 bridgehead atoms. The lowest BCUT2D eigenvalue weighted by Crippen LogP contribution is -1.94. The maximum Gasteiger partial charge on any atom is 0.187 e. The van der Waals surface area contributed by atoms with Crippen molar-refractivity contribution in [2.45, 2.75) is 0 Å². The Labute approximate surface area is 97.7 Å². The Balaban J connectivity index is 2.14. The van der Waals surface area contributed by atoms with Gasteiger partial charge in [-0.3, -0.25) is 14.8 Å². The lowest BCUT2D eigenvalue weighted by atomic mass is 10.1. The second-order valence-electron chi connectivity index (χ2n) is 3.38. The molecule has 2 heterocycles. The van der Waals surface area contributed by atoms with Crippen molar-refractivity contribution in [2.24, 2.45) is 0 Å². The quantitative estimate of drug-likeness (QED) is 0.598. The van der Waals surface area contributed by atoms with Crippen LogP contribution in [0.2, 0.25) is 0 Å². The summed E-state index contributed by atoms with van der Waals surface area (Å²) in [6.45, 7) is 0. The molecule has 0 fully saturated rings. The Hall–Kier alpha value is -2.36. The predicted molar refractivity (Wildman–Crippen MR) is 61.8 cm³/mol. The topological polar surface area (TPSA) is 42.9 Å². The first-order chi connectivity index (χ1) is 8.25. The molecule has 0 N–H and O–H groups in total. The van der Waals surface area contributed by atoms with E-state index in [2.05, 4.69) is 9.97 Å². The molecule has 0 amide bonds. The van der Waals surface area contributed by atoms with Crippen molar-refractivity contribution in [2.75, 3.05) is 0 Å². The van der Waals surface area contributed by atoms with Gasteiger partial charge in [-0.25, -0.2) is 4.39 Å². The molecule has 4 heteroatoms. The molecular formula is C13H9FN2O. The number of pyridine rings is 2. The average molecular weight is 228 g/mol. The van der Waals surface area contributed by atoms with Gasteiger partial charge in [0.05, 0.1) is 6.20 Å². The van der Waals surface area contributed by atoms with Crippen molar-refractivity contribution >= 4 is 11.9 Å². The van der Waals surface area contributed by atoms with Crippen LogP contribution in [-0.4, -0.2) is 15.8 Å². The SMILES string of the molecule is O=C(/C=C/c1cncc(F)c1)c1cccnc1. The van der Waals surface area contributed by atoms with Gasteiger partial charge in [-0.1, -0.05) is 0 Å². The van der Waals surface area contributed by atoms with Crippen LogP contribution >= 0.6 is 0 Å². The van der Waals surface area contributed by atoms with Gasteiger partial charge in [-0.05, 0) is 35.9 Å². The Morgan fingerprint density at radius 3 is 2.82 bits per heavy atom. The van der Waals surface area contributed by atoms with E-state index in [1.54, 1.807) is 18.3 Å². The lowest BCUT2D eigenvalue weighted by Gasteiger charge is -1.94. The molecule has 2 aromatic rings. The van der Waals surface area contributed by atoms with Crippen LogP contribution in [0, 0.1) is 5.82 Å². The molecule has 0 aliphatic rings. The molecule has 0 spiro atoms. The molecule has 0 saturated heterocycles. The van der Waals surface area contributed by atoms with Gasteiger partial charge in [0.2, 0.25) is 0 Å². The Morgan fingerprint density at radius 2 is 2.12 bits per heavy atom. The molecule has 84 valence electrons. The van der Waals surface area contributed by atoms with Crippen LogP contribution in [-0.2, 0) is 0 Å². The summed E-state index contributed by atoms with van der Waals surface area (Å²) in [5, 5.41) is 0. The summed E-state index contributed by atoms with van der Waals surface area (Å²) in [5.74, 6) is -0.608. The van der Waals surface area contributed by atoms with Gasteiger partial charge >= 0.3 is 0 Å². The first-order valence-corrected chi connectivity index (χ1v) is 4.99. The number of hydrogen-bond donors (Lipinski definition) is 0. The molecule has 0 atom stereocenters. The number of ketones is 1. The van der Waals surface area contributed by atoms with Crippen LogP contribution < -0.4 is 0 Å². The van der Waals surface area contributed by atoms with E-state index in [0.29, 0.717) is 11.1 Å². The van der Waals surface area contributed by atoms with Crippen molar-refractivity contribution in [1.82, 2.24) is 9.97 Å². The second-order valence-corrected chi connectivity index (χ2v) is 3.38. The number of halogens is 1. The van der Waals surface area contributed by atoms with Crippen LogP contribution in [0.5, 0.6) is 0 Å². The van der Waals surface area contributed by atoms with Gasteiger partial charge in [0.25, 0.3) is 0 Å². The van der Waals surface area contributed by atoms with Crippen molar-refractivity contribution < 1.29 is 9.18 Å². The van der Waals surface area contributed by atoms with Crippen molar-refractivity contribution in [1.29, 1.82) is 0 Å². The lowest BCUT2D eigenvalue weighted by molar-refractivity contribution is 0.104. The highest BCUT2D eigenvalue weighted by Gasteiger charge is 2.00. The average Bonchev–Trinajstić information content (AvgIpc) is 2.37. The highest BCUT2D eigenvalue weighted by atomic mass is 19.1. The van der Waals surface area contributed by atoms with Crippen LogP contribution in [0.15, 0.2) is 49.1 Å². The zero-order chi connectivity index (χ0) is 12.1. The van der Waals surface area contributed by atoms with E-state index in [9.17, 15) is 9.18 Å². The summed E-state index contributed by atoms with van der Waals surface area (Å²) in [6, 6.07) is 4.66. The third-order valence-electron chi connectivity index (χ3n) is 2.10. The van der Waals surface area contributed by atoms with Crippen LogP contribution in [0.3, 0.4) is 0 Å². The maximum atomic E-state index is 12.8. The van der Waals surface area contributed by atoms with Crippen molar-refractivity contribution in [3.05, 3.63) is 66.0 Å². The summed E-state index contributed by atoms with van der Waals surface area (Å²) in [6.07, 6.45) is 8.56.